The first-order valence-corrected chi connectivity index (χ1v) is 8.53. The van der Waals surface area contributed by atoms with Crippen molar-refractivity contribution in [3.05, 3.63) is 42.0 Å². The quantitative estimate of drug-likeness (QED) is 0.780. The molecule has 0 radical (unpaired) electrons. The molecule has 0 spiro atoms. The molecule has 1 amide bonds. The molecule has 1 aromatic carbocycles. The molecule has 0 heterocycles. The van der Waals surface area contributed by atoms with Crippen molar-refractivity contribution in [3.63, 3.8) is 0 Å². The molecule has 116 valence electrons. The zero-order valence-corrected chi connectivity index (χ0v) is 13.5. The van der Waals surface area contributed by atoms with Crippen LogP contribution in [0, 0.1) is 13.8 Å². The highest BCUT2D eigenvalue weighted by Crippen LogP contribution is 2.23. The zero-order valence-electron chi connectivity index (χ0n) is 12.7. The van der Waals surface area contributed by atoms with Gasteiger partial charge in [-0.1, -0.05) is 23.8 Å². The number of amides is 1. The topological polar surface area (TPSA) is 66.5 Å². The molecule has 0 aliphatic carbocycles. The summed E-state index contributed by atoms with van der Waals surface area (Å²) >= 11 is 0. The summed E-state index contributed by atoms with van der Waals surface area (Å²) in [6, 6.07) is 5.55. The second-order valence-electron chi connectivity index (χ2n) is 4.97. The van der Waals surface area contributed by atoms with E-state index in [0.29, 0.717) is 12.2 Å². The highest BCUT2D eigenvalue weighted by molar-refractivity contribution is 7.92. The Balaban J connectivity index is 2.92. The smallest absolute Gasteiger partial charge is 0.232 e. The largest absolute Gasteiger partial charge is 0.353 e. The molecule has 0 atom stereocenters. The summed E-state index contributed by atoms with van der Waals surface area (Å²) in [5, 5.41) is 2.64. The summed E-state index contributed by atoms with van der Waals surface area (Å²) in [5.41, 5.74) is 2.54. The van der Waals surface area contributed by atoms with E-state index >= 15 is 0 Å². The third kappa shape index (κ3) is 5.23. The van der Waals surface area contributed by atoms with Crippen LogP contribution in [0.4, 0.5) is 5.69 Å². The van der Waals surface area contributed by atoms with Crippen LogP contribution in [0.2, 0.25) is 0 Å². The average molecular weight is 310 g/mol. The Bertz CT molecular complexity index is 624. The number of anilines is 1. The molecule has 1 N–H and O–H groups in total. The van der Waals surface area contributed by atoms with Crippen LogP contribution in [0.15, 0.2) is 30.9 Å². The van der Waals surface area contributed by atoms with Crippen LogP contribution < -0.4 is 9.62 Å². The third-order valence-corrected chi connectivity index (χ3v) is 4.19. The molecule has 1 rings (SSSR count). The van der Waals surface area contributed by atoms with Crippen molar-refractivity contribution in [2.45, 2.75) is 20.3 Å². The number of nitrogens with zero attached hydrogens (tertiary/aromatic N) is 1. The summed E-state index contributed by atoms with van der Waals surface area (Å²) in [6.07, 6.45) is 2.83. The van der Waals surface area contributed by atoms with Gasteiger partial charge in [0.1, 0.15) is 0 Å². The van der Waals surface area contributed by atoms with Gasteiger partial charge in [-0.25, -0.2) is 8.42 Å². The molecular weight excluding hydrogens is 288 g/mol. The van der Waals surface area contributed by atoms with E-state index in [1.165, 1.54) is 4.31 Å². The van der Waals surface area contributed by atoms with Gasteiger partial charge in [-0.05, 0) is 25.5 Å². The molecule has 6 heteroatoms. The number of hydrogen-bond acceptors (Lipinski definition) is 3. The van der Waals surface area contributed by atoms with Crippen molar-refractivity contribution in [1.82, 2.24) is 5.32 Å². The summed E-state index contributed by atoms with van der Waals surface area (Å²) in [4.78, 5) is 11.6. The first-order chi connectivity index (χ1) is 9.75. The molecule has 0 aliphatic rings. The van der Waals surface area contributed by atoms with Gasteiger partial charge >= 0.3 is 0 Å². The second-order valence-corrected chi connectivity index (χ2v) is 6.87. The fourth-order valence-corrected chi connectivity index (χ4v) is 3.01. The standard InChI is InChI=1S/C15H22N2O3S/c1-5-9-16-15(18)8-10-17(21(4,19)20)14-7-6-12(2)11-13(14)3/h5-7,11H,1,8-10H2,2-4H3,(H,16,18). The van der Waals surface area contributed by atoms with Crippen molar-refractivity contribution >= 4 is 21.6 Å². The van der Waals surface area contributed by atoms with E-state index in [1.54, 1.807) is 12.1 Å². The summed E-state index contributed by atoms with van der Waals surface area (Å²) < 4.78 is 25.2. The van der Waals surface area contributed by atoms with E-state index in [4.69, 9.17) is 0 Å². The minimum absolute atomic E-state index is 0.105. The normalized spacial score (nSPS) is 11.0. The monoisotopic (exact) mass is 310 g/mol. The van der Waals surface area contributed by atoms with Crippen LogP contribution in [-0.2, 0) is 14.8 Å². The van der Waals surface area contributed by atoms with Crippen LogP contribution in [0.3, 0.4) is 0 Å². The fraction of sp³-hybridized carbons (Fsp3) is 0.400. The lowest BCUT2D eigenvalue weighted by molar-refractivity contribution is -0.120. The number of hydrogen-bond donors (Lipinski definition) is 1. The summed E-state index contributed by atoms with van der Waals surface area (Å²) in [7, 11) is -3.44. The van der Waals surface area contributed by atoms with Gasteiger partial charge in [-0.15, -0.1) is 6.58 Å². The number of carbonyl (C=O) groups is 1. The summed E-state index contributed by atoms with van der Waals surface area (Å²) in [5.74, 6) is -0.201. The Labute approximate surface area is 126 Å². The number of carbonyl (C=O) groups excluding carboxylic acids is 1. The fourth-order valence-electron chi connectivity index (χ4n) is 2.03. The lowest BCUT2D eigenvalue weighted by Crippen LogP contribution is -2.35. The van der Waals surface area contributed by atoms with E-state index in [0.717, 1.165) is 17.4 Å². The molecule has 0 aromatic heterocycles. The lowest BCUT2D eigenvalue weighted by Gasteiger charge is -2.24. The maximum absolute atomic E-state index is 12.0. The van der Waals surface area contributed by atoms with Gasteiger partial charge in [0.2, 0.25) is 15.9 Å². The van der Waals surface area contributed by atoms with Crippen LogP contribution in [0.1, 0.15) is 17.5 Å². The first-order valence-electron chi connectivity index (χ1n) is 6.68. The van der Waals surface area contributed by atoms with Crippen molar-refractivity contribution in [3.8, 4) is 0 Å². The van der Waals surface area contributed by atoms with Gasteiger partial charge in [0.15, 0.2) is 0 Å². The number of aryl methyl sites for hydroxylation is 2. The number of benzene rings is 1. The van der Waals surface area contributed by atoms with Gasteiger partial charge in [0, 0.05) is 19.5 Å². The molecule has 0 saturated carbocycles. The van der Waals surface area contributed by atoms with Crippen LogP contribution in [-0.4, -0.2) is 33.7 Å². The Hall–Kier alpha value is -1.82. The Morgan fingerprint density at radius 3 is 2.57 bits per heavy atom. The van der Waals surface area contributed by atoms with Crippen molar-refractivity contribution in [1.29, 1.82) is 0 Å². The van der Waals surface area contributed by atoms with Gasteiger partial charge in [0.25, 0.3) is 0 Å². The van der Waals surface area contributed by atoms with Crippen LogP contribution in [0.5, 0.6) is 0 Å². The number of rotatable bonds is 7. The van der Waals surface area contributed by atoms with E-state index in [1.807, 2.05) is 26.0 Å². The Morgan fingerprint density at radius 2 is 2.05 bits per heavy atom. The Morgan fingerprint density at radius 1 is 1.38 bits per heavy atom. The predicted octanol–water partition coefficient (Wildman–Crippen LogP) is 1.76. The highest BCUT2D eigenvalue weighted by atomic mass is 32.2. The minimum Gasteiger partial charge on any atom is -0.353 e. The molecule has 5 nitrogen and oxygen atoms in total. The molecule has 21 heavy (non-hydrogen) atoms. The number of sulfonamides is 1. The zero-order chi connectivity index (χ0) is 16.0. The van der Waals surface area contributed by atoms with Crippen LogP contribution in [0.25, 0.3) is 0 Å². The maximum Gasteiger partial charge on any atom is 0.232 e. The SMILES string of the molecule is C=CCNC(=O)CCN(c1ccc(C)cc1C)S(C)(=O)=O. The predicted molar refractivity (Wildman–Crippen MR) is 85.9 cm³/mol. The molecule has 1 aromatic rings. The van der Waals surface area contributed by atoms with Gasteiger partial charge in [-0.3, -0.25) is 9.10 Å². The van der Waals surface area contributed by atoms with Crippen LogP contribution >= 0.6 is 0 Å². The number of nitrogens with one attached hydrogen (secondary N) is 1. The van der Waals surface area contributed by atoms with E-state index in [9.17, 15) is 13.2 Å². The lowest BCUT2D eigenvalue weighted by atomic mass is 10.1. The Kier molecular flexibility index (Phi) is 5.96. The van der Waals surface area contributed by atoms with Crippen molar-refractivity contribution in [2.24, 2.45) is 0 Å². The average Bonchev–Trinajstić information content (AvgIpc) is 2.37. The first kappa shape index (κ1) is 17.2. The van der Waals surface area contributed by atoms with Crippen molar-refractivity contribution < 1.29 is 13.2 Å². The van der Waals surface area contributed by atoms with E-state index in [2.05, 4.69) is 11.9 Å². The molecule has 0 fully saturated rings. The molecule has 0 aliphatic heterocycles. The van der Waals surface area contributed by atoms with Crippen molar-refractivity contribution in [2.75, 3.05) is 23.7 Å². The van der Waals surface area contributed by atoms with E-state index < -0.39 is 10.0 Å². The third-order valence-electron chi connectivity index (χ3n) is 3.01. The van der Waals surface area contributed by atoms with Gasteiger partial charge in [0.05, 0.1) is 11.9 Å². The molecule has 0 bridgehead atoms. The van der Waals surface area contributed by atoms with Gasteiger partial charge in [-0.2, -0.15) is 0 Å². The molecule has 0 unspecified atom stereocenters. The van der Waals surface area contributed by atoms with Gasteiger partial charge < -0.3 is 5.32 Å². The molecular formula is C15H22N2O3S. The second kappa shape index (κ2) is 7.26. The maximum atomic E-state index is 12.0. The molecule has 0 saturated heterocycles. The highest BCUT2D eigenvalue weighted by Gasteiger charge is 2.20. The minimum atomic E-state index is -3.44. The van der Waals surface area contributed by atoms with E-state index in [-0.39, 0.29) is 18.9 Å². The summed E-state index contributed by atoms with van der Waals surface area (Å²) in [6.45, 7) is 7.81.